The highest BCUT2D eigenvalue weighted by atomic mass is 32.1. The van der Waals surface area contributed by atoms with E-state index in [1.54, 1.807) is 11.3 Å². The zero-order valence-corrected chi connectivity index (χ0v) is 11.0. The number of fused-ring (bicyclic) bond motifs is 1. The molecule has 3 nitrogen and oxygen atoms in total. The van der Waals surface area contributed by atoms with Gasteiger partial charge in [-0.3, -0.25) is 0 Å². The molecule has 0 aliphatic heterocycles. The summed E-state index contributed by atoms with van der Waals surface area (Å²) in [5.74, 6) is 1.72. The largest absolute Gasteiger partial charge is 0.395 e. The first-order valence-corrected chi connectivity index (χ1v) is 6.87. The van der Waals surface area contributed by atoms with E-state index in [1.807, 2.05) is 5.51 Å². The monoisotopic (exact) mass is 247 g/mol. The maximum absolute atomic E-state index is 6.20. The van der Waals surface area contributed by atoms with Crippen molar-refractivity contribution in [1.82, 2.24) is 4.98 Å². The van der Waals surface area contributed by atoms with E-state index < -0.39 is 0 Å². The molecule has 1 aromatic carbocycles. The first kappa shape index (κ1) is 10.8. The highest BCUT2D eigenvalue weighted by molar-refractivity contribution is 7.16. The van der Waals surface area contributed by atoms with E-state index in [4.69, 9.17) is 5.73 Å². The van der Waals surface area contributed by atoms with E-state index in [0.29, 0.717) is 0 Å². The number of nitrogens with two attached hydrogens (primary N) is 1. The van der Waals surface area contributed by atoms with E-state index >= 15 is 0 Å². The van der Waals surface area contributed by atoms with Crippen LogP contribution >= 0.6 is 11.3 Å². The first-order chi connectivity index (χ1) is 8.16. The van der Waals surface area contributed by atoms with Gasteiger partial charge >= 0.3 is 0 Å². The molecule has 0 amide bonds. The van der Waals surface area contributed by atoms with Crippen LogP contribution in [0.3, 0.4) is 0 Å². The summed E-state index contributed by atoms with van der Waals surface area (Å²) in [6.45, 7) is 3.41. The molecular formula is C13H17N3S. The normalized spacial score (nSPS) is 22.9. The van der Waals surface area contributed by atoms with Gasteiger partial charge in [-0.15, -0.1) is 11.3 Å². The summed E-state index contributed by atoms with van der Waals surface area (Å²) in [7, 11) is 2.12. The number of thiazole rings is 1. The van der Waals surface area contributed by atoms with Gasteiger partial charge in [0.05, 0.1) is 21.6 Å². The zero-order chi connectivity index (χ0) is 12.0. The number of nitrogen functional groups attached to an aromatic ring is 1. The Morgan fingerprint density at radius 2 is 2.29 bits per heavy atom. The third-order valence-corrected chi connectivity index (χ3v) is 4.51. The minimum absolute atomic E-state index is 0.819. The van der Waals surface area contributed by atoms with Crippen LogP contribution in [0.25, 0.3) is 10.2 Å². The van der Waals surface area contributed by atoms with Gasteiger partial charge in [0, 0.05) is 13.6 Å². The third kappa shape index (κ3) is 1.86. The van der Waals surface area contributed by atoms with E-state index in [9.17, 15) is 0 Å². The molecule has 1 aliphatic carbocycles. The molecule has 1 heterocycles. The summed E-state index contributed by atoms with van der Waals surface area (Å²) in [5, 5.41) is 0. The number of nitrogens with zero attached hydrogens (tertiary/aromatic N) is 2. The summed E-state index contributed by atoms with van der Waals surface area (Å²) < 4.78 is 1.17. The molecule has 2 aromatic rings. The standard InChI is InChI=1S/C13H17N3S/c1-8-5-9(8)6-16(2)10-3-4-11-13(12(10)14)15-7-17-11/h3-4,7-9H,5-6,14H2,1-2H3. The van der Waals surface area contributed by atoms with Crippen LogP contribution in [0.2, 0.25) is 0 Å². The van der Waals surface area contributed by atoms with E-state index in [-0.39, 0.29) is 0 Å². The quantitative estimate of drug-likeness (QED) is 0.848. The van der Waals surface area contributed by atoms with Crippen LogP contribution in [0.4, 0.5) is 11.4 Å². The highest BCUT2D eigenvalue weighted by Gasteiger charge is 2.33. The fraction of sp³-hybridized carbons (Fsp3) is 0.462. The minimum atomic E-state index is 0.819. The van der Waals surface area contributed by atoms with Crippen LogP contribution in [0.5, 0.6) is 0 Å². The van der Waals surface area contributed by atoms with Gasteiger partial charge in [-0.25, -0.2) is 4.98 Å². The number of rotatable bonds is 3. The molecule has 90 valence electrons. The van der Waals surface area contributed by atoms with E-state index in [2.05, 4.69) is 36.0 Å². The number of hydrogen-bond acceptors (Lipinski definition) is 4. The number of hydrogen-bond donors (Lipinski definition) is 1. The highest BCUT2D eigenvalue weighted by Crippen LogP contribution is 2.40. The Hall–Kier alpha value is -1.29. The molecule has 3 rings (SSSR count). The Kier molecular flexibility index (Phi) is 2.47. The lowest BCUT2D eigenvalue weighted by Gasteiger charge is -2.21. The second-order valence-electron chi connectivity index (χ2n) is 5.05. The van der Waals surface area contributed by atoms with Crippen LogP contribution in [-0.4, -0.2) is 18.6 Å². The van der Waals surface area contributed by atoms with Crippen molar-refractivity contribution >= 4 is 32.9 Å². The summed E-state index contributed by atoms with van der Waals surface area (Å²) in [6.07, 6.45) is 1.35. The minimum Gasteiger partial charge on any atom is -0.395 e. The molecule has 0 spiro atoms. The Balaban J connectivity index is 1.90. The summed E-state index contributed by atoms with van der Waals surface area (Å²) in [5.41, 5.74) is 10.9. The molecule has 2 unspecified atom stereocenters. The smallest absolute Gasteiger partial charge is 0.106 e. The lowest BCUT2D eigenvalue weighted by atomic mass is 10.2. The van der Waals surface area contributed by atoms with Crippen LogP contribution in [0.1, 0.15) is 13.3 Å². The van der Waals surface area contributed by atoms with Crippen molar-refractivity contribution in [2.75, 3.05) is 24.2 Å². The fourth-order valence-corrected chi connectivity index (χ4v) is 3.07. The maximum atomic E-state index is 6.20. The van der Waals surface area contributed by atoms with Crippen molar-refractivity contribution in [2.45, 2.75) is 13.3 Å². The summed E-state index contributed by atoms with van der Waals surface area (Å²) >= 11 is 1.64. The summed E-state index contributed by atoms with van der Waals surface area (Å²) in [4.78, 5) is 6.60. The van der Waals surface area contributed by atoms with Gasteiger partial charge in [-0.1, -0.05) is 6.92 Å². The van der Waals surface area contributed by atoms with Crippen LogP contribution in [0.15, 0.2) is 17.6 Å². The van der Waals surface area contributed by atoms with E-state index in [1.165, 1.54) is 11.1 Å². The third-order valence-electron chi connectivity index (χ3n) is 3.71. The number of benzene rings is 1. The molecule has 1 saturated carbocycles. The Bertz CT molecular complexity index is 549. The molecule has 4 heteroatoms. The van der Waals surface area contributed by atoms with E-state index in [0.717, 1.165) is 35.3 Å². The van der Waals surface area contributed by atoms with Crippen LogP contribution < -0.4 is 10.6 Å². The maximum Gasteiger partial charge on any atom is 0.106 e. The molecule has 0 saturated heterocycles. The first-order valence-electron chi connectivity index (χ1n) is 5.99. The van der Waals surface area contributed by atoms with Crippen molar-refractivity contribution < 1.29 is 0 Å². The topological polar surface area (TPSA) is 42.2 Å². The van der Waals surface area contributed by atoms with Crippen molar-refractivity contribution in [2.24, 2.45) is 11.8 Å². The lowest BCUT2D eigenvalue weighted by molar-refractivity contribution is 0.726. The van der Waals surface area contributed by atoms with Crippen molar-refractivity contribution in [3.63, 3.8) is 0 Å². The average Bonchev–Trinajstić information content (AvgIpc) is 2.82. The van der Waals surface area contributed by atoms with Gasteiger partial charge in [0.25, 0.3) is 0 Å². The Morgan fingerprint density at radius 1 is 1.53 bits per heavy atom. The second kappa shape index (κ2) is 3.88. The molecule has 1 aliphatic rings. The van der Waals surface area contributed by atoms with Crippen molar-refractivity contribution in [3.8, 4) is 0 Å². The molecule has 0 bridgehead atoms. The number of anilines is 2. The molecule has 1 fully saturated rings. The molecular weight excluding hydrogens is 230 g/mol. The van der Waals surface area contributed by atoms with Gasteiger partial charge in [0.1, 0.15) is 5.52 Å². The van der Waals surface area contributed by atoms with Gasteiger partial charge in [-0.2, -0.15) is 0 Å². The average molecular weight is 247 g/mol. The molecule has 1 aromatic heterocycles. The Labute approximate surface area is 105 Å². The zero-order valence-electron chi connectivity index (χ0n) is 10.2. The lowest BCUT2D eigenvalue weighted by Crippen LogP contribution is -2.21. The predicted octanol–water partition coefficient (Wildman–Crippen LogP) is 2.97. The van der Waals surface area contributed by atoms with Gasteiger partial charge in [0.2, 0.25) is 0 Å². The SMILES string of the molecule is CC1CC1CN(C)c1ccc2scnc2c1N. The van der Waals surface area contributed by atoms with Crippen molar-refractivity contribution in [3.05, 3.63) is 17.6 Å². The molecule has 0 radical (unpaired) electrons. The fourth-order valence-electron chi connectivity index (χ4n) is 2.38. The van der Waals surface area contributed by atoms with Gasteiger partial charge < -0.3 is 10.6 Å². The predicted molar refractivity (Wildman–Crippen MR) is 74.6 cm³/mol. The van der Waals surface area contributed by atoms with Crippen LogP contribution in [-0.2, 0) is 0 Å². The van der Waals surface area contributed by atoms with Crippen LogP contribution in [0, 0.1) is 11.8 Å². The molecule has 17 heavy (non-hydrogen) atoms. The van der Waals surface area contributed by atoms with Gasteiger partial charge in [0.15, 0.2) is 0 Å². The number of aromatic nitrogens is 1. The summed E-state index contributed by atoms with van der Waals surface area (Å²) in [6, 6.07) is 4.23. The molecule has 2 N–H and O–H groups in total. The second-order valence-corrected chi connectivity index (χ2v) is 5.94. The van der Waals surface area contributed by atoms with Crippen molar-refractivity contribution in [1.29, 1.82) is 0 Å². The van der Waals surface area contributed by atoms with Gasteiger partial charge in [-0.05, 0) is 30.4 Å². The Morgan fingerprint density at radius 3 is 3.00 bits per heavy atom. The molecule has 2 atom stereocenters.